The van der Waals surface area contributed by atoms with E-state index in [1.807, 2.05) is 55.5 Å². The van der Waals surface area contributed by atoms with Gasteiger partial charge in [0.2, 0.25) is 5.91 Å². The maximum atomic E-state index is 12.2. The van der Waals surface area contributed by atoms with Crippen LogP contribution < -0.4 is 19.6 Å². The number of hydrogen-bond acceptors (Lipinski definition) is 5. The third-order valence-electron chi connectivity index (χ3n) is 4.41. The van der Waals surface area contributed by atoms with E-state index in [4.69, 9.17) is 14.2 Å². The molecule has 3 rings (SSSR count). The van der Waals surface area contributed by atoms with E-state index < -0.39 is 0 Å². The fourth-order valence-electron chi connectivity index (χ4n) is 3.08. The van der Waals surface area contributed by atoms with Gasteiger partial charge in [0.25, 0.3) is 0 Å². The molecule has 0 fully saturated rings. The maximum absolute atomic E-state index is 12.2. The summed E-state index contributed by atoms with van der Waals surface area (Å²) in [5.74, 6) is 2.04. The SMILES string of the molecule is CCOc1ccc([C@H]2C=C(c3ccc(OC)c(OC)c3)NN2C(C)=O)cc1. The second kappa shape index (κ2) is 8.03. The molecule has 142 valence electrons. The van der Waals surface area contributed by atoms with Gasteiger partial charge in [-0.25, -0.2) is 5.01 Å². The van der Waals surface area contributed by atoms with Crippen molar-refractivity contribution in [2.24, 2.45) is 0 Å². The van der Waals surface area contributed by atoms with Crippen molar-refractivity contribution in [3.8, 4) is 17.2 Å². The largest absolute Gasteiger partial charge is 0.494 e. The minimum Gasteiger partial charge on any atom is -0.494 e. The second-order valence-electron chi connectivity index (χ2n) is 6.10. The monoisotopic (exact) mass is 368 g/mol. The number of benzene rings is 2. The molecule has 0 spiro atoms. The lowest BCUT2D eigenvalue weighted by molar-refractivity contribution is -0.132. The van der Waals surface area contributed by atoms with Crippen LogP contribution in [0.1, 0.15) is 31.0 Å². The zero-order chi connectivity index (χ0) is 19.4. The fourth-order valence-corrected chi connectivity index (χ4v) is 3.08. The summed E-state index contributed by atoms with van der Waals surface area (Å²) in [6, 6.07) is 13.2. The van der Waals surface area contributed by atoms with E-state index in [2.05, 4.69) is 5.43 Å². The summed E-state index contributed by atoms with van der Waals surface area (Å²) in [6.45, 7) is 4.11. The molecule has 0 aliphatic carbocycles. The predicted octanol–water partition coefficient (Wildman–Crippen LogP) is 3.55. The highest BCUT2D eigenvalue weighted by Gasteiger charge is 2.29. The minimum atomic E-state index is -0.207. The maximum Gasteiger partial charge on any atom is 0.238 e. The van der Waals surface area contributed by atoms with Crippen molar-refractivity contribution in [3.63, 3.8) is 0 Å². The average Bonchev–Trinajstić information content (AvgIpc) is 3.14. The number of nitrogens with zero attached hydrogens (tertiary/aromatic N) is 1. The van der Waals surface area contributed by atoms with Crippen molar-refractivity contribution >= 4 is 11.6 Å². The Bertz CT molecular complexity index is 846. The van der Waals surface area contributed by atoms with Crippen LogP contribution in [0.15, 0.2) is 48.5 Å². The number of nitrogens with one attached hydrogen (secondary N) is 1. The Morgan fingerprint density at radius 3 is 2.37 bits per heavy atom. The first-order chi connectivity index (χ1) is 13.1. The quantitative estimate of drug-likeness (QED) is 0.845. The van der Waals surface area contributed by atoms with Crippen molar-refractivity contribution in [2.45, 2.75) is 19.9 Å². The summed E-state index contributed by atoms with van der Waals surface area (Å²) in [6.07, 6.45) is 2.03. The third kappa shape index (κ3) is 3.84. The van der Waals surface area contributed by atoms with Gasteiger partial charge in [0.15, 0.2) is 11.5 Å². The molecule has 0 saturated heterocycles. The van der Waals surface area contributed by atoms with Gasteiger partial charge in [-0.1, -0.05) is 12.1 Å². The van der Waals surface area contributed by atoms with E-state index in [1.54, 1.807) is 26.2 Å². The van der Waals surface area contributed by atoms with Gasteiger partial charge in [-0.15, -0.1) is 0 Å². The summed E-state index contributed by atoms with van der Waals surface area (Å²) in [5, 5.41) is 1.61. The van der Waals surface area contributed by atoms with Crippen LogP contribution in [0, 0.1) is 0 Å². The van der Waals surface area contributed by atoms with Gasteiger partial charge in [0.05, 0.1) is 32.6 Å². The molecule has 0 radical (unpaired) electrons. The van der Waals surface area contributed by atoms with E-state index in [0.29, 0.717) is 18.1 Å². The summed E-state index contributed by atoms with van der Waals surface area (Å²) >= 11 is 0. The Kier molecular flexibility index (Phi) is 5.54. The summed E-state index contributed by atoms with van der Waals surface area (Å²) < 4.78 is 16.2. The number of ether oxygens (including phenoxy) is 3. The summed E-state index contributed by atoms with van der Waals surface area (Å²) in [5.41, 5.74) is 5.95. The molecule has 0 aromatic heterocycles. The molecule has 0 saturated carbocycles. The van der Waals surface area contributed by atoms with Crippen LogP contribution >= 0.6 is 0 Å². The van der Waals surface area contributed by atoms with Crippen LogP contribution in [0.3, 0.4) is 0 Å². The van der Waals surface area contributed by atoms with Crippen molar-refractivity contribution in [3.05, 3.63) is 59.7 Å². The first-order valence-electron chi connectivity index (χ1n) is 8.80. The Morgan fingerprint density at radius 1 is 1.07 bits per heavy atom. The van der Waals surface area contributed by atoms with Gasteiger partial charge in [0, 0.05) is 12.5 Å². The molecule has 1 N–H and O–H groups in total. The Morgan fingerprint density at radius 2 is 1.78 bits per heavy atom. The first kappa shape index (κ1) is 18.6. The molecule has 1 aliphatic heterocycles. The molecule has 27 heavy (non-hydrogen) atoms. The summed E-state index contributed by atoms with van der Waals surface area (Å²) in [7, 11) is 3.20. The highest BCUT2D eigenvalue weighted by molar-refractivity contribution is 5.79. The molecule has 1 amide bonds. The molecular weight excluding hydrogens is 344 g/mol. The highest BCUT2D eigenvalue weighted by atomic mass is 16.5. The first-order valence-corrected chi connectivity index (χ1v) is 8.80. The zero-order valence-corrected chi connectivity index (χ0v) is 16.0. The lowest BCUT2D eigenvalue weighted by Crippen LogP contribution is -2.37. The number of hydrogen-bond donors (Lipinski definition) is 1. The minimum absolute atomic E-state index is 0.0689. The standard InChI is InChI=1S/C21H24N2O4/c1-5-27-17-9-6-15(7-10-17)19-13-18(22-23(19)14(2)24)16-8-11-20(25-3)21(12-16)26-4/h6-13,19,22H,5H2,1-4H3/t19-/m1/s1. The topological polar surface area (TPSA) is 60.0 Å². The Balaban J connectivity index is 1.93. The Hall–Kier alpha value is -3.15. The predicted molar refractivity (Wildman–Crippen MR) is 104 cm³/mol. The van der Waals surface area contributed by atoms with E-state index in [0.717, 1.165) is 22.6 Å². The van der Waals surface area contributed by atoms with Crippen molar-refractivity contribution in [1.82, 2.24) is 10.4 Å². The van der Waals surface area contributed by atoms with Crippen molar-refractivity contribution in [2.75, 3.05) is 20.8 Å². The number of carbonyl (C=O) groups is 1. The third-order valence-corrected chi connectivity index (χ3v) is 4.41. The molecule has 1 atom stereocenters. The normalized spacial score (nSPS) is 15.8. The van der Waals surface area contributed by atoms with Gasteiger partial charge < -0.3 is 14.2 Å². The van der Waals surface area contributed by atoms with Gasteiger partial charge in [-0.2, -0.15) is 0 Å². The smallest absolute Gasteiger partial charge is 0.238 e. The number of rotatable bonds is 6. The van der Waals surface area contributed by atoms with Gasteiger partial charge in [-0.05, 0) is 48.9 Å². The van der Waals surface area contributed by atoms with E-state index >= 15 is 0 Å². The number of amides is 1. The van der Waals surface area contributed by atoms with Crippen molar-refractivity contribution < 1.29 is 19.0 Å². The van der Waals surface area contributed by atoms with Crippen LogP contribution in [0.4, 0.5) is 0 Å². The molecule has 0 unspecified atom stereocenters. The van der Waals surface area contributed by atoms with Crippen LogP contribution in [0.5, 0.6) is 17.2 Å². The van der Waals surface area contributed by atoms with E-state index in [1.165, 1.54) is 0 Å². The van der Waals surface area contributed by atoms with Gasteiger partial charge in [-0.3, -0.25) is 10.2 Å². The van der Waals surface area contributed by atoms with E-state index in [-0.39, 0.29) is 11.9 Å². The van der Waals surface area contributed by atoms with Gasteiger partial charge in [0.1, 0.15) is 5.75 Å². The molecule has 6 heteroatoms. The molecule has 2 aromatic rings. The van der Waals surface area contributed by atoms with Crippen molar-refractivity contribution in [1.29, 1.82) is 0 Å². The highest BCUT2D eigenvalue weighted by Crippen LogP contribution is 2.35. The molecule has 1 aliphatic rings. The molecule has 2 aromatic carbocycles. The van der Waals surface area contributed by atoms with Crippen LogP contribution in [-0.2, 0) is 4.79 Å². The number of methoxy groups -OCH3 is 2. The van der Waals surface area contributed by atoms with Gasteiger partial charge >= 0.3 is 0 Å². The molecular formula is C21H24N2O4. The average molecular weight is 368 g/mol. The zero-order valence-electron chi connectivity index (χ0n) is 16.0. The van der Waals surface area contributed by atoms with Crippen LogP contribution in [-0.4, -0.2) is 31.7 Å². The van der Waals surface area contributed by atoms with Crippen LogP contribution in [0.25, 0.3) is 5.70 Å². The lowest BCUT2D eigenvalue weighted by Gasteiger charge is -2.24. The Labute approximate surface area is 159 Å². The van der Waals surface area contributed by atoms with Crippen LogP contribution in [0.2, 0.25) is 0 Å². The van der Waals surface area contributed by atoms with E-state index in [9.17, 15) is 4.79 Å². The molecule has 1 heterocycles. The fraction of sp³-hybridized carbons (Fsp3) is 0.286. The molecule has 0 bridgehead atoms. The number of hydrazine groups is 1. The number of carbonyl (C=O) groups excluding carboxylic acids is 1. The lowest BCUT2D eigenvalue weighted by atomic mass is 10.0. The summed E-state index contributed by atoms with van der Waals surface area (Å²) in [4.78, 5) is 12.2. The second-order valence-corrected chi connectivity index (χ2v) is 6.10. The molecule has 6 nitrogen and oxygen atoms in total.